The van der Waals surface area contributed by atoms with Crippen molar-refractivity contribution >= 4 is 23.7 Å². The number of ether oxygens (including phenoxy) is 4. The molecule has 0 spiro atoms. The van der Waals surface area contributed by atoms with E-state index in [2.05, 4.69) is 38.3 Å². The fourth-order valence-corrected chi connectivity index (χ4v) is 2.10. The second kappa shape index (κ2) is 12.3. The van der Waals surface area contributed by atoms with Gasteiger partial charge in [0.2, 0.25) is 11.8 Å². The number of esters is 2. The zero-order valence-corrected chi connectivity index (χ0v) is 17.9. The fraction of sp³-hybridized carbons (Fsp3) is 0.500. The molecule has 20 heteroatoms. The van der Waals surface area contributed by atoms with E-state index in [1.807, 2.05) is 0 Å². The quantitative estimate of drug-likeness (QED) is 0.363. The summed E-state index contributed by atoms with van der Waals surface area (Å²) in [5.74, 6) is -3.62. The highest BCUT2D eigenvalue weighted by atomic mass is 19.4. The Balaban J connectivity index is 0.000000360. The number of hydrogen-bond acceptors (Lipinski definition) is 12. The van der Waals surface area contributed by atoms with Gasteiger partial charge in [0, 0.05) is 0 Å². The van der Waals surface area contributed by atoms with Gasteiger partial charge in [0.1, 0.15) is 0 Å². The van der Waals surface area contributed by atoms with Gasteiger partial charge in [0.25, 0.3) is 12.7 Å². The summed E-state index contributed by atoms with van der Waals surface area (Å²) in [6.07, 6.45) is -16.5. The average Bonchev–Trinajstić information content (AvgIpc) is 3.29. The molecule has 0 aliphatic heterocycles. The van der Waals surface area contributed by atoms with Gasteiger partial charge in [0.15, 0.2) is 22.5 Å². The first-order valence-electron chi connectivity index (χ1n) is 9.13. The third kappa shape index (κ3) is 8.83. The van der Waals surface area contributed by atoms with Gasteiger partial charge in [-0.1, -0.05) is 10.3 Å². The molecule has 0 fully saturated rings. The van der Waals surface area contributed by atoms with Crippen LogP contribution in [0.25, 0.3) is 0 Å². The molecule has 204 valence electrons. The van der Waals surface area contributed by atoms with Crippen molar-refractivity contribution in [2.24, 2.45) is 0 Å². The molecule has 0 bridgehead atoms. The molecule has 0 saturated heterocycles. The number of nitrogens with zero attached hydrogens (tertiary/aromatic N) is 2. The van der Waals surface area contributed by atoms with E-state index in [-0.39, 0.29) is 13.2 Å². The SMILES string of the molecule is CCOC(=O)c1c([C@@H](F)OC(F)(F)F)noc1N.CCOC(=O)c1c([C@H](F)OC(F)(F)F)noc1N. The number of nitrogens with two attached hydrogens (primary N) is 2. The van der Waals surface area contributed by atoms with Crippen molar-refractivity contribution in [3.05, 3.63) is 22.5 Å². The predicted octanol–water partition coefficient (Wildman–Crippen LogP) is 3.88. The second-order valence-electron chi connectivity index (χ2n) is 5.81. The number of aromatic nitrogens is 2. The maximum absolute atomic E-state index is 13.2. The third-order valence-corrected chi connectivity index (χ3v) is 3.35. The van der Waals surface area contributed by atoms with E-state index in [0.717, 1.165) is 0 Å². The zero-order valence-electron chi connectivity index (χ0n) is 17.9. The lowest BCUT2D eigenvalue weighted by atomic mass is 10.2. The summed E-state index contributed by atoms with van der Waals surface area (Å²) in [5.41, 5.74) is 6.78. The van der Waals surface area contributed by atoms with Gasteiger partial charge in [-0.2, -0.15) is 0 Å². The topological polar surface area (TPSA) is 175 Å². The van der Waals surface area contributed by atoms with Crippen LogP contribution in [0.15, 0.2) is 9.05 Å². The van der Waals surface area contributed by atoms with Crippen LogP contribution in [0.3, 0.4) is 0 Å². The molecule has 2 heterocycles. The molecule has 0 aromatic carbocycles. The van der Waals surface area contributed by atoms with E-state index in [1.54, 1.807) is 0 Å². The van der Waals surface area contributed by atoms with Gasteiger partial charge < -0.3 is 30.0 Å². The summed E-state index contributed by atoms with van der Waals surface area (Å²) in [6, 6.07) is 0. The molecule has 36 heavy (non-hydrogen) atoms. The Morgan fingerprint density at radius 1 is 0.778 bits per heavy atom. The van der Waals surface area contributed by atoms with Crippen LogP contribution in [-0.4, -0.2) is 48.2 Å². The summed E-state index contributed by atoms with van der Waals surface area (Å²) in [6.45, 7) is 2.72. The number of hydrogen-bond donors (Lipinski definition) is 2. The highest BCUT2D eigenvalue weighted by molar-refractivity contribution is 5.95. The molecule has 4 N–H and O–H groups in total. The summed E-state index contributed by atoms with van der Waals surface area (Å²) in [4.78, 5) is 22.6. The number of halogens is 8. The molecule has 0 saturated carbocycles. The summed E-state index contributed by atoms with van der Waals surface area (Å²) >= 11 is 0. The molecular weight excluding hydrogens is 528 g/mol. The number of alkyl halides is 8. The molecule has 2 aromatic rings. The lowest BCUT2D eigenvalue weighted by Gasteiger charge is -2.10. The Morgan fingerprint density at radius 2 is 1.08 bits per heavy atom. The monoisotopic (exact) mass is 544 g/mol. The second-order valence-corrected chi connectivity index (χ2v) is 5.81. The van der Waals surface area contributed by atoms with Crippen molar-refractivity contribution in [1.29, 1.82) is 0 Å². The molecule has 2 rings (SSSR count). The standard InChI is InChI=1S/2C8H8F4N2O4/c2*1-2-16-7(15)3-4(14-18-6(3)13)5(9)17-8(10,11)12/h2*5H,2,13H2,1H3/t2*5-/m10/s1. The van der Waals surface area contributed by atoms with E-state index in [9.17, 15) is 44.7 Å². The van der Waals surface area contributed by atoms with Crippen molar-refractivity contribution < 1.29 is 72.7 Å². The van der Waals surface area contributed by atoms with Gasteiger partial charge in [-0.05, 0) is 13.8 Å². The lowest BCUT2D eigenvalue weighted by molar-refractivity contribution is -0.364. The zero-order chi connectivity index (χ0) is 27.8. The van der Waals surface area contributed by atoms with E-state index >= 15 is 0 Å². The maximum Gasteiger partial charge on any atom is 0.525 e. The molecule has 0 radical (unpaired) electrons. The summed E-state index contributed by atoms with van der Waals surface area (Å²) in [5, 5.41) is 5.80. The van der Waals surface area contributed by atoms with Gasteiger partial charge in [-0.25, -0.2) is 18.4 Å². The Bertz CT molecular complexity index is 943. The van der Waals surface area contributed by atoms with Gasteiger partial charge in [-0.15, -0.1) is 26.3 Å². The Kier molecular flexibility index (Phi) is 10.4. The molecule has 2 aromatic heterocycles. The highest BCUT2D eigenvalue weighted by Gasteiger charge is 2.40. The van der Waals surface area contributed by atoms with E-state index in [0.29, 0.717) is 0 Å². The van der Waals surface area contributed by atoms with Gasteiger partial charge >= 0.3 is 24.7 Å². The summed E-state index contributed by atoms with van der Waals surface area (Å²) in [7, 11) is 0. The van der Waals surface area contributed by atoms with Crippen molar-refractivity contribution in [3.8, 4) is 0 Å². The maximum atomic E-state index is 13.2. The smallest absolute Gasteiger partial charge is 0.462 e. The van der Waals surface area contributed by atoms with Gasteiger partial charge in [-0.3, -0.25) is 9.47 Å². The van der Waals surface area contributed by atoms with E-state index in [1.165, 1.54) is 13.8 Å². The van der Waals surface area contributed by atoms with Crippen LogP contribution >= 0.6 is 0 Å². The average molecular weight is 544 g/mol. The molecule has 0 aliphatic carbocycles. The first kappa shape index (κ1) is 30.4. The molecule has 0 aliphatic rings. The van der Waals surface area contributed by atoms with Crippen molar-refractivity contribution in [1.82, 2.24) is 10.3 Å². The Morgan fingerprint density at radius 3 is 1.33 bits per heavy atom. The molecule has 0 amide bonds. The molecule has 2 atom stereocenters. The predicted molar refractivity (Wildman–Crippen MR) is 95.7 cm³/mol. The molecular formula is C16H16F8N4O8. The van der Waals surface area contributed by atoms with Crippen LogP contribution in [0.5, 0.6) is 0 Å². The van der Waals surface area contributed by atoms with Crippen LogP contribution in [0, 0.1) is 0 Å². The number of anilines is 2. The minimum absolute atomic E-state index is 0.0834. The van der Waals surface area contributed by atoms with Crippen LogP contribution in [0.1, 0.15) is 58.7 Å². The minimum Gasteiger partial charge on any atom is -0.462 e. The first-order valence-corrected chi connectivity index (χ1v) is 9.13. The van der Waals surface area contributed by atoms with Gasteiger partial charge in [0.05, 0.1) is 13.2 Å². The van der Waals surface area contributed by atoms with Crippen LogP contribution < -0.4 is 11.5 Å². The Labute approximate surface area is 194 Å². The normalized spacial score (nSPS) is 13.4. The molecule has 0 unspecified atom stereocenters. The van der Waals surface area contributed by atoms with Crippen LogP contribution in [-0.2, 0) is 18.9 Å². The lowest BCUT2D eigenvalue weighted by Crippen LogP contribution is -2.18. The minimum atomic E-state index is -5.24. The number of carbonyl (C=O) groups is 2. The van der Waals surface area contributed by atoms with E-state index < -0.39 is 71.7 Å². The van der Waals surface area contributed by atoms with E-state index in [4.69, 9.17) is 11.5 Å². The number of rotatable bonds is 8. The molecule has 12 nitrogen and oxygen atoms in total. The first-order chi connectivity index (χ1) is 16.5. The number of nitrogen functional groups attached to an aromatic ring is 2. The van der Waals surface area contributed by atoms with Crippen molar-refractivity contribution in [2.45, 2.75) is 39.3 Å². The van der Waals surface area contributed by atoms with Crippen molar-refractivity contribution in [3.63, 3.8) is 0 Å². The van der Waals surface area contributed by atoms with Crippen molar-refractivity contribution in [2.75, 3.05) is 24.7 Å². The Hall–Kier alpha value is -3.68. The number of carbonyl (C=O) groups excluding carboxylic acids is 2. The van der Waals surface area contributed by atoms with Crippen LogP contribution in [0.2, 0.25) is 0 Å². The van der Waals surface area contributed by atoms with Crippen LogP contribution in [0.4, 0.5) is 46.9 Å². The summed E-state index contributed by atoms with van der Waals surface area (Å²) < 4.78 is 121. The largest absolute Gasteiger partial charge is 0.525 e. The highest BCUT2D eigenvalue weighted by Crippen LogP contribution is 2.33. The fourth-order valence-electron chi connectivity index (χ4n) is 2.10. The third-order valence-electron chi connectivity index (χ3n) is 3.35.